The highest BCUT2D eigenvalue weighted by Gasteiger charge is 2.22. The molecule has 0 aromatic heterocycles. The number of halogens is 2. The average molecular weight is 315 g/mol. The van der Waals surface area contributed by atoms with E-state index in [0.29, 0.717) is 0 Å². The van der Waals surface area contributed by atoms with Crippen LogP contribution in [0.4, 0.5) is 0 Å². The molecule has 0 N–H and O–H groups in total. The number of hydrogen-bond acceptors (Lipinski definition) is 0. The third-order valence-corrected chi connectivity index (χ3v) is 4.52. The van der Waals surface area contributed by atoms with E-state index in [9.17, 15) is 0 Å². The van der Waals surface area contributed by atoms with Gasteiger partial charge in [-0.25, -0.2) is 0 Å². The van der Waals surface area contributed by atoms with Gasteiger partial charge in [0.1, 0.15) is 4.33 Å². The fourth-order valence-electron chi connectivity index (χ4n) is 2.44. The Balaban J connectivity index is 2.09. The molecule has 2 heteroatoms. The molecule has 0 aliphatic heterocycles. The molecule has 114 valence electrons. The first-order valence-electron chi connectivity index (χ1n) is 8.06. The Hall–Kier alpha value is -0.200. The topological polar surface area (TPSA) is 0 Å². The lowest BCUT2D eigenvalue weighted by Gasteiger charge is -2.19. The van der Waals surface area contributed by atoms with Crippen LogP contribution in [0.1, 0.15) is 70.3 Å². The minimum atomic E-state index is -0.556. The predicted molar refractivity (Wildman–Crippen MR) is 91.8 cm³/mol. The number of alkyl halides is 2. The van der Waals surface area contributed by atoms with E-state index in [1.165, 1.54) is 44.1 Å². The van der Waals surface area contributed by atoms with Crippen molar-refractivity contribution >= 4 is 23.2 Å². The van der Waals surface area contributed by atoms with Crippen LogP contribution < -0.4 is 0 Å². The summed E-state index contributed by atoms with van der Waals surface area (Å²) in [5, 5.41) is 0. The summed E-state index contributed by atoms with van der Waals surface area (Å²) in [5.74, 6) is 0. The van der Waals surface area contributed by atoms with Gasteiger partial charge in [0, 0.05) is 0 Å². The van der Waals surface area contributed by atoms with Crippen molar-refractivity contribution in [2.45, 2.75) is 75.5 Å². The average Bonchev–Trinajstić information content (AvgIpc) is 2.45. The Bertz CT molecular complexity index is 333. The molecule has 1 rings (SSSR count). The highest BCUT2D eigenvalue weighted by Crippen LogP contribution is 2.33. The van der Waals surface area contributed by atoms with Gasteiger partial charge in [0.05, 0.1) is 0 Å². The van der Waals surface area contributed by atoms with E-state index in [-0.39, 0.29) is 0 Å². The molecule has 0 heterocycles. The molecule has 0 spiro atoms. The molecule has 1 aromatic carbocycles. The predicted octanol–water partition coefficient (Wildman–Crippen LogP) is 6.93. The summed E-state index contributed by atoms with van der Waals surface area (Å²) >= 11 is 12.8. The summed E-state index contributed by atoms with van der Waals surface area (Å²) in [7, 11) is 0. The molecule has 20 heavy (non-hydrogen) atoms. The number of hydrogen-bond donors (Lipinski definition) is 0. The third-order valence-electron chi connectivity index (χ3n) is 3.77. The summed E-state index contributed by atoms with van der Waals surface area (Å²) in [6.07, 6.45) is 11.9. The number of unbranched alkanes of at least 4 members (excludes halogenated alkanes) is 6. The van der Waals surface area contributed by atoms with Gasteiger partial charge in [-0.3, -0.25) is 0 Å². The zero-order valence-electron chi connectivity index (χ0n) is 12.7. The minimum absolute atomic E-state index is 0.556. The van der Waals surface area contributed by atoms with Crippen LogP contribution in [0.2, 0.25) is 0 Å². The molecule has 0 nitrogen and oxygen atoms in total. The van der Waals surface area contributed by atoms with E-state index < -0.39 is 4.33 Å². The lowest BCUT2D eigenvalue weighted by molar-refractivity contribution is 0.541. The summed E-state index contributed by atoms with van der Waals surface area (Å²) in [6, 6.07) is 10.4. The van der Waals surface area contributed by atoms with Crippen molar-refractivity contribution in [1.82, 2.24) is 0 Å². The van der Waals surface area contributed by atoms with Crippen LogP contribution in [0.15, 0.2) is 30.3 Å². The molecule has 0 fully saturated rings. The van der Waals surface area contributed by atoms with Crippen LogP contribution in [0.5, 0.6) is 0 Å². The summed E-state index contributed by atoms with van der Waals surface area (Å²) in [4.78, 5) is 0. The highest BCUT2D eigenvalue weighted by atomic mass is 35.5. The molecule has 0 radical (unpaired) electrons. The molecule has 0 saturated heterocycles. The van der Waals surface area contributed by atoms with Gasteiger partial charge in [0.2, 0.25) is 0 Å². The molecular formula is C18H28Cl2. The Morgan fingerprint density at radius 3 is 2.05 bits per heavy atom. The maximum Gasteiger partial charge on any atom is 0.118 e. The van der Waals surface area contributed by atoms with Crippen LogP contribution in [0.3, 0.4) is 0 Å². The van der Waals surface area contributed by atoms with Crippen molar-refractivity contribution in [2.24, 2.45) is 0 Å². The van der Waals surface area contributed by atoms with Gasteiger partial charge >= 0.3 is 0 Å². The lowest BCUT2D eigenvalue weighted by atomic mass is 10.0. The van der Waals surface area contributed by atoms with Crippen molar-refractivity contribution in [1.29, 1.82) is 0 Å². The van der Waals surface area contributed by atoms with E-state index >= 15 is 0 Å². The van der Waals surface area contributed by atoms with E-state index in [4.69, 9.17) is 23.2 Å². The smallest absolute Gasteiger partial charge is 0.102 e. The van der Waals surface area contributed by atoms with Gasteiger partial charge in [-0.1, -0.05) is 82.2 Å². The van der Waals surface area contributed by atoms with Crippen LogP contribution >= 0.6 is 23.2 Å². The molecule has 0 atom stereocenters. The first-order valence-corrected chi connectivity index (χ1v) is 8.81. The van der Waals surface area contributed by atoms with Gasteiger partial charge in [-0.05, 0) is 24.8 Å². The molecule has 1 aromatic rings. The van der Waals surface area contributed by atoms with Gasteiger partial charge < -0.3 is 0 Å². The number of aryl methyl sites for hydroxylation is 1. The van der Waals surface area contributed by atoms with Gasteiger partial charge in [0.25, 0.3) is 0 Å². The van der Waals surface area contributed by atoms with Crippen LogP contribution in [0, 0.1) is 0 Å². The second-order valence-electron chi connectivity index (χ2n) is 5.71. The maximum atomic E-state index is 6.41. The standard InChI is InChI=1S/C18H28Cl2/c1-2-3-4-5-6-7-11-15-18(19,20)16-14-17-12-9-8-10-13-17/h8-10,12-13H,2-7,11,14-16H2,1H3. The zero-order valence-corrected chi connectivity index (χ0v) is 14.2. The second kappa shape index (κ2) is 10.5. The molecule has 0 bridgehead atoms. The summed E-state index contributed by atoms with van der Waals surface area (Å²) in [6.45, 7) is 2.25. The largest absolute Gasteiger partial charge is 0.118 e. The van der Waals surface area contributed by atoms with Crippen molar-refractivity contribution in [3.8, 4) is 0 Å². The van der Waals surface area contributed by atoms with Crippen molar-refractivity contribution in [3.05, 3.63) is 35.9 Å². The normalized spacial score (nSPS) is 11.8. The van der Waals surface area contributed by atoms with E-state index in [2.05, 4.69) is 31.2 Å². The summed E-state index contributed by atoms with van der Waals surface area (Å²) in [5.41, 5.74) is 1.32. The first-order chi connectivity index (χ1) is 9.64. The summed E-state index contributed by atoms with van der Waals surface area (Å²) < 4.78 is -0.556. The van der Waals surface area contributed by atoms with E-state index in [1.807, 2.05) is 6.07 Å². The Labute approximate surface area is 134 Å². The SMILES string of the molecule is CCCCCCCCCC(Cl)(Cl)CCc1ccccc1. The molecular weight excluding hydrogens is 287 g/mol. The van der Waals surface area contributed by atoms with Crippen molar-refractivity contribution in [2.75, 3.05) is 0 Å². The van der Waals surface area contributed by atoms with Crippen molar-refractivity contribution in [3.63, 3.8) is 0 Å². The Kier molecular flexibility index (Phi) is 9.39. The van der Waals surface area contributed by atoms with E-state index in [1.54, 1.807) is 0 Å². The minimum Gasteiger partial charge on any atom is -0.102 e. The monoisotopic (exact) mass is 314 g/mol. The van der Waals surface area contributed by atoms with Crippen molar-refractivity contribution < 1.29 is 0 Å². The van der Waals surface area contributed by atoms with Crippen LogP contribution in [-0.4, -0.2) is 4.33 Å². The fraction of sp³-hybridized carbons (Fsp3) is 0.667. The molecule has 0 saturated carbocycles. The zero-order chi connectivity index (χ0) is 14.7. The Morgan fingerprint density at radius 2 is 1.40 bits per heavy atom. The molecule has 0 amide bonds. The maximum absolute atomic E-state index is 6.41. The van der Waals surface area contributed by atoms with Gasteiger partial charge in [0.15, 0.2) is 0 Å². The number of rotatable bonds is 11. The van der Waals surface area contributed by atoms with Crippen LogP contribution in [-0.2, 0) is 6.42 Å². The number of benzene rings is 1. The fourth-order valence-corrected chi connectivity index (χ4v) is 2.89. The van der Waals surface area contributed by atoms with E-state index in [0.717, 1.165) is 25.7 Å². The quantitative estimate of drug-likeness (QED) is 0.307. The Morgan fingerprint density at radius 1 is 0.800 bits per heavy atom. The molecule has 0 unspecified atom stereocenters. The van der Waals surface area contributed by atoms with Gasteiger partial charge in [-0.15, -0.1) is 23.2 Å². The third kappa shape index (κ3) is 8.87. The molecule has 0 aliphatic carbocycles. The van der Waals surface area contributed by atoms with Crippen LogP contribution in [0.25, 0.3) is 0 Å². The highest BCUT2D eigenvalue weighted by molar-refractivity contribution is 6.48. The van der Waals surface area contributed by atoms with Gasteiger partial charge in [-0.2, -0.15) is 0 Å². The lowest BCUT2D eigenvalue weighted by Crippen LogP contribution is -2.13. The first kappa shape index (κ1) is 17.9. The second-order valence-corrected chi connectivity index (χ2v) is 7.35. The molecule has 0 aliphatic rings.